The first-order valence-electron chi connectivity index (χ1n) is 7.45. The minimum absolute atomic E-state index is 0.0163. The van der Waals surface area contributed by atoms with Crippen molar-refractivity contribution in [2.75, 3.05) is 13.7 Å². The molecule has 0 saturated carbocycles. The van der Waals surface area contributed by atoms with Crippen LogP contribution < -0.4 is 4.74 Å². The van der Waals surface area contributed by atoms with E-state index in [2.05, 4.69) is 9.97 Å². The molecule has 0 radical (unpaired) electrons. The van der Waals surface area contributed by atoms with Crippen molar-refractivity contribution in [3.63, 3.8) is 0 Å². The Balaban J connectivity index is 2.15. The summed E-state index contributed by atoms with van der Waals surface area (Å²) in [6, 6.07) is 10.8. The van der Waals surface area contributed by atoms with Crippen molar-refractivity contribution in [1.29, 1.82) is 0 Å². The molecule has 6 nitrogen and oxygen atoms in total. The summed E-state index contributed by atoms with van der Waals surface area (Å²) in [6.07, 6.45) is 0. The molecule has 0 saturated heterocycles. The number of benzene rings is 1. The van der Waals surface area contributed by atoms with Gasteiger partial charge in [-0.3, -0.25) is 9.36 Å². The summed E-state index contributed by atoms with van der Waals surface area (Å²) in [5.74, 6) is 0.724. The number of ether oxygens (including phenoxy) is 2. The van der Waals surface area contributed by atoms with Gasteiger partial charge >= 0.3 is 5.97 Å². The van der Waals surface area contributed by atoms with Crippen molar-refractivity contribution in [2.45, 2.75) is 13.5 Å². The lowest BCUT2D eigenvalue weighted by molar-refractivity contribution is -0.143. The quantitative estimate of drug-likeness (QED) is 0.664. The highest BCUT2D eigenvalue weighted by Gasteiger charge is 2.17. The zero-order chi connectivity index (χ0) is 17.1. The Morgan fingerprint density at radius 1 is 1.17 bits per heavy atom. The second-order valence-corrected chi connectivity index (χ2v) is 5.47. The second-order valence-electron chi connectivity index (χ2n) is 5.03. The van der Waals surface area contributed by atoms with Crippen LogP contribution in [-0.4, -0.2) is 34.2 Å². The fraction of sp³-hybridized carbons (Fsp3) is 0.235. The van der Waals surface area contributed by atoms with Crippen LogP contribution in [0.4, 0.5) is 0 Å². The van der Waals surface area contributed by atoms with Crippen LogP contribution in [0, 0.1) is 0 Å². The van der Waals surface area contributed by atoms with Crippen LogP contribution in [0.25, 0.3) is 22.6 Å². The molecule has 0 amide bonds. The van der Waals surface area contributed by atoms with Gasteiger partial charge in [0.25, 0.3) is 0 Å². The number of esters is 1. The Labute approximate surface area is 144 Å². The zero-order valence-electron chi connectivity index (χ0n) is 13.3. The Morgan fingerprint density at radius 2 is 1.92 bits per heavy atom. The molecule has 124 valence electrons. The molecule has 0 aliphatic rings. The molecular weight excluding hydrogens is 330 g/mol. The Morgan fingerprint density at radius 3 is 2.58 bits per heavy atom. The normalized spacial score (nSPS) is 10.8. The lowest BCUT2D eigenvalue weighted by Gasteiger charge is -2.09. The molecule has 2 aromatic heterocycles. The van der Waals surface area contributed by atoms with E-state index in [9.17, 15) is 4.79 Å². The summed E-state index contributed by atoms with van der Waals surface area (Å²) < 4.78 is 12.0. The summed E-state index contributed by atoms with van der Waals surface area (Å²) in [6.45, 7) is 2.10. The number of hydrogen-bond acceptors (Lipinski definition) is 5. The topological polar surface area (TPSA) is 66.2 Å². The van der Waals surface area contributed by atoms with Gasteiger partial charge in [-0.2, -0.15) is 4.98 Å². The summed E-state index contributed by atoms with van der Waals surface area (Å²) in [5, 5.41) is 0.631. The fourth-order valence-electron chi connectivity index (χ4n) is 2.40. The number of halogens is 1. The molecule has 0 bridgehead atoms. The van der Waals surface area contributed by atoms with Gasteiger partial charge < -0.3 is 9.47 Å². The lowest BCUT2D eigenvalue weighted by atomic mass is 10.2. The first kappa shape index (κ1) is 16.3. The number of fused-ring (bicyclic) bond motifs is 1. The average Bonchev–Trinajstić information content (AvgIpc) is 2.93. The summed E-state index contributed by atoms with van der Waals surface area (Å²) in [4.78, 5) is 21.0. The molecule has 0 unspecified atom stereocenters. The van der Waals surface area contributed by atoms with Crippen LogP contribution in [0.1, 0.15) is 6.92 Å². The average molecular weight is 346 g/mol. The third kappa shape index (κ3) is 3.19. The minimum Gasteiger partial charge on any atom is -0.481 e. The molecule has 0 spiro atoms. The van der Waals surface area contributed by atoms with Crippen molar-refractivity contribution in [3.05, 3.63) is 41.4 Å². The summed E-state index contributed by atoms with van der Waals surface area (Å²) in [5.41, 5.74) is 2.07. The first-order valence-corrected chi connectivity index (χ1v) is 7.83. The van der Waals surface area contributed by atoms with Crippen LogP contribution >= 0.6 is 11.6 Å². The number of pyridine rings is 1. The molecule has 0 N–H and O–H groups in total. The number of hydrogen-bond donors (Lipinski definition) is 0. The van der Waals surface area contributed by atoms with Crippen molar-refractivity contribution < 1.29 is 14.3 Å². The van der Waals surface area contributed by atoms with Gasteiger partial charge in [0.05, 0.1) is 13.7 Å². The maximum atomic E-state index is 12.0. The Hall–Kier alpha value is -2.60. The monoisotopic (exact) mass is 345 g/mol. The molecular formula is C17H16ClN3O3. The van der Waals surface area contributed by atoms with Gasteiger partial charge in [-0.05, 0) is 37.3 Å². The van der Waals surface area contributed by atoms with E-state index >= 15 is 0 Å². The number of nitrogens with zero attached hydrogens (tertiary/aromatic N) is 3. The number of methoxy groups -OCH3 is 1. The van der Waals surface area contributed by atoms with E-state index in [1.165, 1.54) is 0 Å². The predicted octanol–water partition coefficient (Wildman–Crippen LogP) is 3.32. The first-order chi connectivity index (χ1) is 11.6. The lowest BCUT2D eigenvalue weighted by Crippen LogP contribution is -2.14. The molecule has 0 atom stereocenters. The van der Waals surface area contributed by atoms with E-state index in [4.69, 9.17) is 21.1 Å². The number of carbonyl (C=O) groups excluding carboxylic acids is 1. The third-order valence-electron chi connectivity index (χ3n) is 3.47. The van der Waals surface area contributed by atoms with Crippen molar-refractivity contribution in [2.24, 2.45) is 0 Å². The van der Waals surface area contributed by atoms with E-state index in [1.807, 2.05) is 18.2 Å². The van der Waals surface area contributed by atoms with Gasteiger partial charge in [-0.25, -0.2) is 4.98 Å². The van der Waals surface area contributed by atoms with Gasteiger partial charge in [-0.15, -0.1) is 0 Å². The highest BCUT2D eigenvalue weighted by atomic mass is 35.5. The van der Waals surface area contributed by atoms with Crippen LogP contribution in [0.2, 0.25) is 5.02 Å². The van der Waals surface area contributed by atoms with Crippen molar-refractivity contribution >= 4 is 28.7 Å². The number of aromatic nitrogens is 3. The van der Waals surface area contributed by atoms with E-state index in [-0.39, 0.29) is 12.5 Å². The Bertz CT molecular complexity index is 875. The van der Waals surface area contributed by atoms with Gasteiger partial charge in [-0.1, -0.05) is 11.6 Å². The number of imidazole rings is 1. The van der Waals surface area contributed by atoms with Crippen LogP contribution in [0.15, 0.2) is 36.4 Å². The van der Waals surface area contributed by atoms with Crippen molar-refractivity contribution in [3.8, 4) is 17.3 Å². The van der Waals surface area contributed by atoms with E-state index in [1.54, 1.807) is 36.8 Å². The van der Waals surface area contributed by atoms with Crippen LogP contribution in [0.5, 0.6) is 5.88 Å². The van der Waals surface area contributed by atoms with E-state index < -0.39 is 0 Å². The SMILES string of the molecule is CCOC(=O)Cn1c(-c2ccc(Cl)cc2)nc2ccc(OC)nc21. The molecule has 0 aliphatic carbocycles. The Kier molecular flexibility index (Phi) is 4.66. The van der Waals surface area contributed by atoms with Crippen LogP contribution in [0.3, 0.4) is 0 Å². The molecule has 1 aromatic carbocycles. The maximum Gasteiger partial charge on any atom is 0.326 e. The molecule has 0 aliphatic heterocycles. The standard InChI is InChI=1S/C17H16ClN3O3/c1-3-24-15(22)10-21-16(11-4-6-12(18)7-5-11)19-13-8-9-14(23-2)20-17(13)21/h4-9H,3,10H2,1-2H3. The van der Waals surface area contributed by atoms with E-state index in [0.717, 1.165) is 5.56 Å². The van der Waals surface area contributed by atoms with Crippen molar-refractivity contribution in [1.82, 2.24) is 14.5 Å². The maximum absolute atomic E-state index is 12.0. The second kappa shape index (κ2) is 6.88. The molecule has 7 heteroatoms. The zero-order valence-corrected chi connectivity index (χ0v) is 14.1. The smallest absolute Gasteiger partial charge is 0.326 e. The molecule has 0 fully saturated rings. The highest BCUT2D eigenvalue weighted by Crippen LogP contribution is 2.26. The largest absolute Gasteiger partial charge is 0.481 e. The summed E-state index contributed by atoms with van der Waals surface area (Å²) >= 11 is 5.95. The molecule has 3 rings (SSSR count). The molecule has 24 heavy (non-hydrogen) atoms. The van der Waals surface area contributed by atoms with Crippen LogP contribution in [-0.2, 0) is 16.1 Å². The van der Waals surface area contributed by atoms with Gasteiger partial charge in [0.15, 0.2) is 5.65 Å². The predicted molar refractivity (Wildman–Crippen MR) is 91.2 cm³/mol. The van der Waals surface area contributed by atoms with Gasteiger partial charge in [0.1, 0.15) is 17.9 Å². The fourth-order valence-corrected chi connectivity index (χ4v) is 2.53. The van der Waals surface area contributed by atoms with E-state index in [0.29, 0.717) is 34.5 Å². The van der Waals surface area contributed by atoms with Gasteiger partial charge in [0.2, 0.25) is 5.88 Å². The molecule has 2 heterocycles. The molecule has 3 aromatic rings. The minimum atomic E-state index is -0.350. The highest BCUT2D eigenvalue weighted by molar-refractivity contribution is 6.30. The number of rotatable bonds is 5. The summed E-state index contributed by atoms with van der Waals surface area (Å²) in [7, 11) is 1.54. The third-order valence-corrected chi connectivity index (χ3v) is 3.72. The van der Waals surface area contributed by atoms with Gasteiger partial charge in [0, 0.05) is 16.7 Å². The number of carbonyl (C=O) groups is 1.